The summed E-state index contributed by atoms with van der Waals surface area (Å²) in [7, 11) is 0. The van der Waals surface area contributed by atoms with Gasteiger partial charge in [0.15, 0.2) is 5.82 Å². The first-order chi connectivity index (χ1) is 9.06. The number of halogens is 1. The SMILES string of the molecule is Cc1[nH]nc(NC(=O)/C=C/c2cccc(Br)c2)c1C. The topological polar surface area (TPSA) is 57.8 Å². The Balaban J connectivity index is 2.04. The van der Waals surface area contributed by atoms with E-state index >= 15 is 0 Å². The summed E-state index contributed by atoms with van der Waals surface area (Å²) in [6.45, 7) is 3.82. The van der Waals surface area contributed by atoms with Crippen molar-refractivity contribution in [1.82, 2.24) is 10.2 Å². The molecule has 0 radical (unpaired) electrons. The fourth-order valence-electron chi connectivity index (χ4n) is 1.55. The largest absolute Gasteiger partial charge is 0.305 e. The van der Waals surface area contributed by atoms with Crippen molar-refractivity contribution in [2.24, 2.45) is 0 Å². The Bertz CT molecular complexity index is 631. The monoisotopic (exact) mass is 319 g/mol. The van der Waals surface area contributed by atoms with Gasteiger partial charge in [-0.3, -0.25) is 9.89 Å². The first-order valence-electron chi connectivity index (χ1n) is 5.82. The molecule has 2 N–H and O–H groups in total. The summed E-state index contributed by atoms with van der Waals surface area (Å²) in [6, 6.07) is 7.72. The lowest BCUT2D eigenvalue weighted by Crippen LogP contribution is -2.09. The zero-order valence-corrected chi connectivity index (χ0v) is 12.3. The highest BCUT2D eigenvalue weighted by Crippen LogP contribution is 2.15. The van der Waals surface area contributed by atoms with Gasteiger partial charge >= 0.3 is 0 Å². The highest BCUT2D eigenvalue weighted by molar-refractivity contribution is 9.10. The number of aromatic amines is 1. The third-order valence-electron chi connectivity index (χ3n) is 2.77. The summed E-state index contributed by atoms with van der Waals surface area (Å²) >= 11 is 3.39. The smallest absolute Gasteiger partial charge is 0.249 e. The van der Waals surface area contributed by atoms with Crippen molar-refractivity contribution in [2.45, 2.75) is 13.8 Å². The molecule has 0 fully saturated rings. The summed E-state index contributed by atoms with van der Waals surface area (Å²) in [5.41, 5.74) is 2.86. The van der Waals surface area contributed by atoms with E-state index in [4.69, 9.17) is 0 Å². The minimum atomic E-state index is -0.199. The Morgan fingerprint density at radius 3 is 2.84 bits per heavy atom. The summed E-state index contributed by atoms with van der Waals surface area (Å²) in [4.78, 5) is 11.8. The first kappa shape index (κ1) is 13.5. The van der Waals surface area contributed by atoms with Crippen LogP contribution in [0.2, 0.25) is 0 Å². The first-order valence-corrected chi connectivity index (χ1v) is 6.62. The average Bonchev–Trinajstić information content (AvgIpc) is 2.69. The van der Waals surface area contributed by atoms with E-state index in [1.807, 2.05) is 38.1 Å². The molecule has 1 aromatic heterocycles. The van der Waals surface area contributed by atoms with E-state index in [9.17, 15) is 4.79 Å². The number of anilines is 1. The van der Waals surface area contributed by atoms with Crippen LogP contribution in [0.4, 0.5) is 5.82 Å². The van der Waals surface area contributed by atoms with Crippen LogP contribution in [0.15, 0.2) is 34.8 Å². The lowest BCUT2D eigenvalue weighted by atomic mass is 10.2. The Kier molecular flexibility index (Phi) is 4.16. The second-order valence-electron chi connectivity index (χ2n) is 4.20. The highest BCUT2D eigenvalue weighted by Gasteiger charge is 2.06. The normalized spacial score (nSPS) is 10.9. The van der Waals surface area contributed by atoms with Gasteiger partial charge in [0.05, 0.1) is 0 Å². The Hall–Kier alpha value is -1.88. The van der Waals surface area contributed by atoms with Gasteiger partial charge in [-0.2, -0.15) is 5.10 Å². The standard InChI is InChI=1S/C14H14BrN3O/c1-9-10(2)17-18-14(9)16-13(19)7-6-11-4-3-5-12(15)8-11/h3-8H,1-2H3,(H2,16,17,18,19)/b7-6+. The number of hydrogen-bond donors (Lipinski definition) is 2. The number of rotatable bonds is 3. The predicted molar refractivity (Wildman–Crippen MR) is 79.9 cm³/mol. The van der Waals surface area contributed by atoms with E-state index in [0.29, 0.717) is 5.82 Å². The molecule has 0 spiro atoms. The maximum absolute atomic E-state index is 11.8. The molecule has 0 bridgehead atoms. The fraction of sp³-hybridized carbons (Fsp3) is 0.143. The maximum atomic E-state index is 11.8. The van der Waals surface area contributed by atoms with Gasteiger partial charge in [0.25, 0.3) is 0 Å². The van der Waals surface area contributed by atoms with Crippen molar-refractivity contribution in [3.8, 4) is 0 Å². The molecule has 4 nitrogen and oxygen atoms in total. The molecule has 5 heteroatoms. The van der Waals surface area contributed by atoms with Crippen molar-refractivity contribution in [1.29, 1.82) is 0 Å². The Labute approximate surface area is 120 Å². The second kappa shape index (κ2) is 5.84. The predicted octanol–water partition coefficient (Wildman–Crippen LogP) is 3.44. The molecule has 1 heterocycles. The molecule has 0 saturated carbocycles. The van der Waals surface area contributed by atoms with Crippen LogP contribution in [0.5, 0.6) is 0 Å². The van der Waals surface area contributed by atoms with Crippen molar-refractivity contribution >= 4 is 33.7 Å². The third-order valence-corrected chi connectivity index (χ3v) is 3.26. The number of amides is 1. The lowest BCUT2D eigenvalue weighted by Gasteiger charge is -1.99. The molecule has 0 aliphatic carbocycles. The number of H-pyrrole nitrogens is 1. The maximum Gasteiger partial charge on any atom is 0.249 e. The second-order valence-corrected chi connectivity index (χ2v) is 5.12. The van der Waals surface area contributed by atoms with Crippen LogP contribution in [0.25, 0.3) is 6.08 Å². The zero-order valence-electron chi connectivity index (χ0n) is 10.7. The summed E-state index contributed by atoms with van der Waals surface area (Å²) in [6.07, 6.45) is 3.25. The molecule has 0 aliphatic heterocycles. The van der Waals surface area contributed by atoms with E-state index in [2.05, 4.69) is 31.4 Å². The molecule has 2 rings (SSSR count). The minimum Gasteiger partial charge on any atom is -0.305 e. The number of aromatic nitrogens is 2. The Morgan fingerprint density at radius 1 is 1.42 bits per heavy atom. The number of nitrogens with zero attached hydrogens (tertiary/aromatic N) is 1. The number of benzene rings is 1. The molecule has 1 aromatic carbocycles. The van der Waals surface area contributed by atoms with E-state index in [1.165, 1.54) is 6.08 Å². The van der Waals surface area contributed by atoms with Gasteiger partial charge in [0, 0.05) is 21.8 Å². The van der Waals surface area contributed by atoms with Crippen molar-refractivity contribution in [3.05, 3.63) is 51.6 Å². The zero-order chi connectivity index (χ0) is 13.8. The molecule has 0 atom stereocenters. The van der Waals surface area contributed by atoms with Crippen LogP contribution < -0.4 is 5.32 Å². The van der Waals surface area contributed by atoms with Gasteiger partial charge in [0.1, 0.15) is 0 Å². The van der Waals surface area contributed by atoms with Crippen LogP contribution >= 0.6 is 15.9 Å². The van der Waals surface area contributed by atoms with E-state index in [-0.39, 0.29) is 5.91 Å². The number of carbonyl (C=O) groups is 1. The van der Waals surface area contributed by atoms with E-state index in [1.54, 1.807) is 6.08 Å². The van der Waals surface area contributed by atoms with E-state index in [0.717, 1.165) is 21.3 Å². The molecule has 0 unspecified atom stereocenters. The van der Waals surface area contributed by atoms with Crippen LogP contribution in [0.3, 0.4) is 0 Å². The molecule has 2 aromatic rings. The lowest BCUT2D eigenvalue weighted by molar-refractivity contribution is -0.111. The van der Waals surface area contributed by atoms with Crippen molar-refractivity contribution in [3.63, 3.8) is 0 Å². The van der Waals surface area contributed by atoms with E-state index < -0.39 is 0 Å². The summed E-state index contributed by atoms with van der Waals surface area (Å²) < 4.78 is 0.980. The average molecular weight is 320 g/mol. The van der Waals surface area contributed by atoms with Gasteiger partial charge in [-0.25, -0.2) is 0 Å². The molecule has 1 amide bonds. The van der Waals surface area contributed by atoms with Gasteiger partial charge in [-0.1, -0.05) is 28.1 Å². The molecule has 0 saturated heterocycles. The van der Waals surface area contributed by atoms with Gasteiger partial charge in [0.2, 0.25) is 5.91 Å². The van der Waals surface area contributed by atoms with Gasteiger partial charge < -0.3 is 5.32 Å². The van der Waals surface area contributed by atoms with Crippen molar-refractivity contribution < 1.29 is 4.79 Å². The molecule has 0 aliphatic rings. The number of hydrogen-bond acceptors (Lipinski definition) is 2. The van der Waals surface area contributed by atoms with Crippen LogP contribution in [0.1, 0.15) is 16.8 Å². The molecular formula is C14H14BrN3O. The minimum absolute atomic E-state index is 0.199. The van der Waals surface area contributed by atoms with Gasteiger partial charge in [-0.15, -0.1) is 0 Å². The molecule has 19 heavy (non-hydrogen) atoms. The fourth-order valence-corrected chi connectivity index (χ4v) is 1.96. The quantitative estimate of drug-likeness (QED) is 0.851. The van der Waals surface area contributed by atoms with Gasteiger partial charge in [-0.05, 0) is 37.6 Å². The molecular weight excluding hydrogens is 306 g/mol. The van der Waals surface area contributed by atoms with Crippen molar-refractivity contribution in [2.75, 3.05) is 5.32 Å². The Morgan fingerprint density at radius 2 is 2.21 bits per heavy atom. The number of aryl methyl sites for hydroxylation is 1. The van der Waals surface area contributed by atoms with Crippen LogP contribution in [-0.2, 0) is 4.79 Å². The van der Waals surface area contributed by atoms with Crippen LogP contribution in [0, 0.1) is 13.8 Å². The molecule has 98 valence electrons. The number of nitrogens with one attached hydrogen (secondary N) is 2. The highest BCUT2D eigenvalue weighted by atomic mass is 79.9. The summed E-state index contributed by atoms with van der Waals surface area (Å²) in [5, 5.41) is 9.59. The van der Waals surface area contributed by atoms with Crippen LogP contribution in [-0.4, -0.2) is 16.1 Å². The third kappa shape index (κ3) is 3.54. The number of carbonyl (C=O) groups excluding carboxylic acids is 1. The summed E-state index contributed by atoms with van der Waals surface area (Å²) in [5.74, 6) is 0.371.